The maximum absolute atomic E-state index is 12.5. The lowest BCUT2D eigenvalue weighted by Gasteiger charge is -2.31. The first-order valence-corrected chi connectivity index (χ1v) is 10.5. The van der Waals surface area contributed by atoms with Crippen molar-refractivity contribution in [2.24, 2.45) is 5.92 Å². The number of carbonyl (C=O) groups is 2. The summed E-state index contributed by atoms with van der Waals surface area (Å²) in [5.74, 6) is 0.108. The fraction of sp³-hybridized carbons (Fsp3) is 0.280. The fourth-order valence-electron chi connectivity index (χ4n) is 3.94. The predicted octanol–water partition coefficient (Wildman–Crippen LogP) is 3.92. The molecule has 5 heteroatoms. The molecule has 0 bridgehead atoms. The second-order valence-electron chi connectivity index (χ2n) is 7.79. The topological polar surface area (TPSA) is 61.4 Å². The van der Waals surface area contributed by atoms with Gasteiger partial charge in [0.1, 0.15) is 0 Å². The minimum Gasteiger partial charge on any atom is -0.351 e. The average Bonchev–Trinajstić information content (AvgIpc) is 2.79. The molecule has 1 fully saturated rings. The van der Waals surface area contributed by atoms with Gasteiger partial charge < -0.3 is 15.5 Å². The Morgan fingerprint density at radius 1 is 0.867 bits per heavy atom. The molecule has 30 heavy (non-hydrogen) atoms. The Morgan fingerprint density at radius 3 is 2.33 bits per heavy atom. The van der Waals surface area contributed by atoms with E-state index in [0.717, 1.165) is 48.9 Å². The van der Waals surface area contributed by atoms with E-state index in [1.807, 2.05) is 72.8 Å². The molecule has 154 valence electrons. The Hall–Kier alpha value is -3.18. The number of carbonyl (C=O) groups excluding carboxylic acids is 2. The van der Waals surface area contributed by atoms with Gasteiger partial charge in [0.2, 0.25) is 5.91 Å². The molecule has 2 amide bonds. The number of likely N-dealkylation sites (tertiary alicyclic amines) is 1. The van der Waals surface area contributed by atoms with Crippen molar-refractivity contribution in [1.82, 2.24) is 10.2 Å². The van der Waals surface area contributed by atoms with E-state index < -0.39 is 0 Å². The molecule has 5 nitrogen and oxygen atoms in total. The normalized spacial score (nSPS) is 15.1. The zero-order valence-corrected chi connectivity index (χ0v) is 17.0. The van der Waals surface area contributed by atoms with Gasteiger partial charge in [0.15, 0.2) is 0 Å². The maximum Gasteiger partial charge on any atom is 0.251 e. The van der Waals surface area contributed by atoms with Crippen LogP contribution in [0.25, 0.3) is 10.8 Å². The summed E-state index contributed by atoms with van der Waals surface area (Å²) < 4.78 is 0. The summed E-state index contributed by atoms with van der Waals surface area (Å²) in [6.45, 7) is 3.15. The highest BCUT2D eigenvalue weighted by molar-refractivity contribution is 5.98. The van der Waals surface area contributed by atoms with E-state index in [1.165, 1.54) is 0 Å². The molecule has 2 N–H and O–H groups in total. The van der Waals surface area contributed by atoms with Crippen LogP contribution < -0.4 is 10.6 Å². The molecular weight excluding hydrogens is 374 g/mol. The number of hydrogen-bond acceptors (Lipinski definition) is 3. The lowest BCUT2D eigenvalue weighted by atomic mass is 9.96. The van der Waals surface area contributed by atoms with Crippen LogP contribution in [0, 0.1) is 5.92 Å². The van der Waals surface area contributed by atoms with E-state index in [4.69, 9.17) is 0 Å². The highest BCUT2D eigenvalue weighted by Gasteiger charge is 2.24. The lowest BCUT2D eigenvalue weighted by molar-refractivity contribution is -0.121. The number of hydrogen-bond donors (Lipinski definition) is 2. The van der Waals surface area contributed by atoms with E-state index in [0.29, 0.717) is 12.1 Å². The van der Waals surface area contributed by atoms with Crippen molar-refractivity contribution in [2.45, 2.75) is 12.8 Å². The van der Waals surface area contributed by atoms with Crippen molar-refractivity contribution in [2.75, 3.05) is 31.5 Å². The second-order valence-corrected chi connectivity index (χ2v) is 7.79. The summed E-state index contributed by atoms with van der Waals surface area (Å²) in [6, 6.07) is 23.4. The van der Waals surface area contributed by atoms with Crippen molar-refractivity contribution in [1.29, 1.82) is 0 Å². The minimum atomic E-state index is -0.0436. The molecule has 3 aromatic carbocycles. The number of anilines is 1. The summed E-state index contributed by atoms with van der Waals surface area (Å²) in [6.07, 6.45) is 1.69. The quantitative estimate of drug-likeness (QED) is 0.658. The smallest absolute Gasteiger partial charge is 0.251 e. The van der Waals surface area contributed by atoms with Crippen molar-refractivity contribution < 1.29 is 9.59 Å². The highest BCUT2D eigenvalue weighted by Crippen LogP contribution is 2.19. The molecule has 0 saturated carbocycles. The van der Waals surface area contributed by atoms with Crippen LogP contribution in [0.1, 0.15) is 23.2 Å². The molecule has 1 saturated heterocycles. The molecule has 0 aliphatic carbocycles. The predicted molar refractivity (Wildman–Crippen MR) is 121 cm³/mol. The first-order valence-electron chi connectivity index (χ1n) is 10.5. The number of piperidine rings is 1. The van der Waals surface area contributed by atoms with Gasteiger partial charge in [0.25, 0.3) is 5.91 Å². The van der Waals surface area contributed by atoms with Gasteiger partial charge in [-0.05, 0) is 61.0 Å². The van der Waals surface area contributed by atoms with Crippen molar-refractivity contribution >= 4 is 28.3 Å². The van der Waals surface area contributed by atoms with Gasteiger partial charge in [-0.2, -0.15) is 0 Å². The maximum atomic E-state index is 12.5. The Labute approximate surface area is 177 Å². The third kappa shape index (κ3) is 5.05. The van der Waals surface area contributed by atoms with Crippen LogP contribution in [0.3, 0.4) is 0 Å². The van der Waals surface area contributed by atoms with Gasteiger partial charge in [-0.15, -0.1) is 0 Å². The van der Waals surface area contributed by atoms with Crippen LogP contribution in [0.5, 0.6) is 0 Å². The third-order valence-electron chi connectivity index (χ3n) is 5.72. The number of rotatable bonds is 6. The van der Waals surface area contributed by atoms with E-state index >= 15 is 0 Å². The summed E-state index contributed by atoms with van der Waals surface area (Å²) in [5.41, 5.74) is 1.53. The Balaban J connectivity index is 1.20. The Bertz CT molecular complexity index is 1010. The third-order valence-corrected chi connectivity index (χ3v) is 5.72. The van der Waals surface area contributed by atoms with E-state index in [2.05, 4.69) is 15.5 Å². The first kappa shape index (κ1) is 20.1. The zero-order valence-electron chi connectivity index (χ0n) is 17.0. The van der Waals surface area contributed by atoms with Gasteiger partial charge >= 0.3 is 0 Å². The van der Waals surface area contributed by atoms with Crippen molar-refractivity contribution in [3.8, 4) is 0 Å². The van der Waals surface area contributed by atoms with Crippen LogP contribution in [-0.4, -0.2) is 42.9 Å². The van der Waals surface area contributed by atoms with Crippen molar-refractivity contribution in [3.63, 3.8) is 0 Å². The van der Waals surface area contributed by atoms with Crippen LogP contribution in [0.15, 0.2) is 72.8 Å². The number of benzene rings is 3. The molecule has 0 spiro atoms. The largest absolute Gasteiger partial charge is 0.351 e. The van der Waals surface area contributed by atoms with E-state index in [1.54, 1.807) is 0 Å². The van der Waals surface area contributed by atoms with Crippen LogP contribution in [0.2, 0.25) is 0 Å². The lowest BCUT2D eigenvalue weighted by Crippen LogP contribution is -2.41. The van der Waals surface area contributed by atoms with Gasteiger partial charge in [-0.25, -0.2) is 0 Å². The zero-order chi connectivity index (χ0) is 20.8. The number of para-hydroxylation sites is 1. The van der Waals surface area contributed by atoms with Crippen LogP contribution >= 0.6 is 0 Å². The molecule has 1 aliphatic heterocycles. The summed E-state index contributed by atoms with van der Waals surface area (Å²) in [7, 11) is 0. The van der Waals surface area contributed by atoms with E-state index in [-0.39, 0.29) is 17.7 Å². The van der Waals surface area contributed by atoms with Gasteiger partial charge in [-0.1, -0.05) is 48.5 Å². The average molecular weight is 402 g/mol. The molecule has 0 unspecified atom stereocenters. The van der Waals surface area contributed by atoms with E-state index in [9.17, 15) is 9.59 Å². The van der Waals surface area contributed by atoms with Crippen LogP contribution in [0.4, 0.5) is 5.69 Å². The molecule has 0 aromatic heterocycles. The highest BCUT2D eigenvalue weighted by atomic mass is 16.2. The summed E-state index contributed by atoms with van der Waals surface area (Å²) in [5, 5.41) is 8.22. The Morgan fingerprint density at radius 2 is 1.57 bits per heavy atom. The molecule has 3 aromatic rings. The Kier molecular flexibility index (Phi) is 6.40. The summed E-state index contributed by atoms with van der Waals surface area (Å²) in [4.78, 5) is 27.2. The first-order chi connectivity index (χ1) is 14.7. The minimum absolute atomic E-state index is 0.0436. The van der Waals surface area contributed by atoms with Crippen LogP contribution in [-0.2, 0) is 4.79 Å². The van der Waals surface area contributed by atoms with Gasteiger partial charge in [0.05, 0.1) is 0 Å². The SMILES string of the molecule is O=C(NCCN1CCC(C(=O)Nc2ccccc2)CC1)c1ccc2ccccc2c1. The molecule has 4 rings (SSSR count). The molecule has 0 atom stereocenters. The summed E-state index contributed by atoms with van der Waals surface area (Å²) >= 11 is 0. The van der Waals surface area contributed by atoms with Crippen molar-refractivity contribution in [3.05, 3.63) is 78.4 Å². The monoisotopic (exact) mass is 401 g/mol. The number of fused-ring (bicyclic) bond motifs is 1. The molecule has 1 heterocycles. The number of nitrogens with one attached hydrogen (secondary N) is 2. The fourth-order valence-corrected chi connectivity index (χ4v) is 3.94. The standard InChI is InChI=1S/C25H27N3O2/c29-24(22-11-10-19-6-4-5-7-21(19)18-22)26-14-17-28-15-12-20(13-16-28)25(30)27-23-8-2-1-3-9-23/h1-11,18,20H,12-17H2,(H,26,29)(H,27,30). The van der Waals surface area contributed by atoms with Gasteiger partial charge in [-0.3, -0.25) is 9.59 Å². The number of amides is 2. The number of nitrogens with zero attached hydrogens (tertiary/aromatic N) is 1. The van der Waals surface area contributed by atoms with Gasteiger partial charge in [0, 0.05) is 30.3 Å². The molecular formula is C25H27N3O2. The molecule has 1 aliphatic rings. The second kappa shape index (κ2) is 9.55. The molecule has 0 radical (unpaired) electrons.